The topological polar surface area (TPSA) is 149 Å². The normalized spacial score (nSPS) is 34.8. The molecule has 2 aromatic carbocycles. The summed E-state index contributed by atoms with van der Waals surface area (Å²) in [5.74, 6) is 6.09. The van der Waals surface area contributed by atoms with E-state index in [4.69, 9.17) is 9.72 Å². The van der Waals surface area contributed by atoms with Crippen molar-refractivity contribution in [3.63, 3.8) is 0 Å². The van der Waals surface area contributed by atoms with Gasteiger partial charge in [-0.25, -0.2) is 4.79 Å². The predicted molar refractivity (Wildman–Crippen MR) is 207 cm³/mol. The number of hydrogen-bond donors (Lipinski definition) is 5. The number of aliphatic carboxylic acids is 1. The first-order valence-corrected chi connectivity index (χ1v) is 19.8. The fourth-order valence-electron chi connectivity index (χ4n) is 11.8. The van der Waals surface area contributed by atoms with Gasteiger partial charge in [-0.05, 0) is 128 Å². The highest BCUT2D eigenvalue weighted by Gasteiger charge is 2.66. The molecule has 1 heterocycles. The second-order valence-corrected chi connectivity index (χ2v) is 17.5. The number of carbonyl (C=O) groups is 2. The minimum Gasteiger partial charge on any atom is -0.481 e. The number of pyridine rings is 1. The van der Waals surface area contributed by atoms with Crippen LogP contribution in [0.5, 0.6) is 0 Å². The van der Waals surface area contributed by atoms with Crippen molar-refractivity contribution in [2.75, 3.05) is 12.4 Å². The summed E-state index contributed by atoms with van der Waals surface area (Å²) in [5.41, 5.74) is 2.30. The van der Waals surface area contributed by atoms with Crippen molar-refractivity contribution in [2.24, 2.45) is 46.3 Å². The lowest BCUT2D eigenvalue weighted by molar-refractivity contribution is -0.211. The fraction of sp³-hybridized carbons (Fsp3) is 0.578. The van der Waals surface area contributed by atoms with E-state index in [2.05, 4.69) is 37.9 Å². The summed E-state index contributed by atoms with van der Waals surface area (Å²) in [6.07, 6.45) is 4.49. The number of carbonyl (C=O) groups excluding carboxylic acids is 1. The van der Waals surface area contributed by atoms with Crippen LogP contribution in [0.4, 0.5) is 5.69 Å². The molecule has 9 nitrogen and oxygen atoms in total. The summed E-state index contributed by atoms with van der Waals surface area (Å²) in [6, 6.07) is 15.6. The fourth-order valence-corrected chi connectivity index (χ4v) is 11.8. The summed E-state index contributed by atoms with van der Waals surface area (Å²) < 4.78 is 5.15. The van der Waals surface area contributed by atoms with Gasteiger partial charge in [-0.15, -0.1) is 0 Å². The Morgan fingerprint density at radius 2 is 1.81 bits per heavy atom. The van der Waals surface area contributed by atoms with Gasteiger partial charge in [0.05, 0.1) is 36.2 Å². The molecule has 4 aliphatic carbocycles. The molecule has 5 unspecified atom stereocenters. The van der Waals surface area contributed by atoms with Crippen LogP contribution in [0.15, 0.2) is 48.5 Å². The molecule has 3 aromatic rings. The maximum absolute atomic E-state index is 13.0. The van der Waals surface area contributed by atoms with Crippen molar-refractivity contribution in [1.82, 2.24) is 4.98 Å². The summed E-state index contributed by atoms with van der Waals surface area (Å²) in [7, 11) is 1.36. The number of aliphatic hydroxyl groups excluding tert-OH is 2. The molecule has 4 fully saturated rings. The molecule has 0 radical (unpaired) electrons. The molecular formula is C45H56N2O7. The second kappa shape index (κ2) is 14.6. The van der Waals surface area contributed by atoms with Crippen LogP contribution < -0.4 is 5.32 Å². The van der Waals surface area contributed by atoms with E-state index >= 15 is 0 Å². The Kier molecular flexibility index (Phi) is 10.4. The summed E-state index contributed by atoms with van der Waals surface area (Å²) in [5, 5.41) is 49.4. The van der Waals surface area contributed by atoms with E-state index < -0.39 is 29.7 Å². The first kappa shape index (κ1) is 38.3. The van der Waals surface area contributed by atoms with Gasteiger partial charge < -0.3 is 30.5 Å². The zero-order chi connectivity index (χ0) is 38.6. The van der Waals surface area contributed by atoms with Crippen molar-refractivity contribution in [1.29, 1.82) is 0 Å². The average Bonchev–Trinajstić information content (AvgIpc) is 3.51. The highest BCUT2D eigenvalue weighted by molar-refractivity contribution is 6.06. The van der Waals surface area contributed by atoms with Crippen LogP contribution in [0.2, 0.25) is 0 Å². The van der Waals surface area contributed by atoms with Crippen LogP contribution in [-0.2, 0) is 16.1 Å². The molecule has 0 spiro atoms. The van der Waals surface area contributed by atoms with Crippen LogP contribution >= 0.6 is 0 Å². The van der Waals surface area contributed by atoms with Gasteiger partial charge in [-0.3, -0.25) is 9.78 Å². The number of fused-ring (bicyclic) bond motifs is 6. The van der Waals surface area contributed by atoms with Crippen molar-refractivity contribution in [2.45, 2.75) is 110 Å². The van der Waals surface area contributed by atoms with Gasteiger partial charge in [0.15, 0.2) is 0 Å². The third-order valence-electron chi connectivity index (χ3n) is 14.7. The van der Waals surface area contributed by atoms with Crippen molar-refractivity contribution >= 4 is 28.5 Å². The Morgan fingerprint density at radius 1 is 1.06 bits per heavy atom. The standard InChI is InChI=1S/C45H56N2O7/c1-26(11-16-38(50)51)32-13-14-33-40-34(23-37(49)44(32,33)4)43(3)19-20-45(53,24-30(43)22-36(40)48)18-17-28-12-15-35-31(21-28)41(39(27(2)47-35)42(52)54-5)46-25-29-9-7-6-8-10-29/h6-10,12,15,21,26,30,32-34,36-37,40,48-49,53H,11,13-14,16,19-20,22-25H2,1-5H3,(H,46,47)(H,50,51)/t26?,30?,32-,33?,34?,36-,37+,40?,43+,44-,45-/m1/s1. The lowest BCUT2D eigenvalue weighted by Crippen LogP contribution is -2.63. The third kappa shape index (κ3) is 6.69. The zero-order valence-electron chi connectivity index (χ0n) is 32.3. The average molecular weight is 737 g/mol. The second-order valence-electron chi connectivity index (χ2n) is 17.5. The Labute approximate surface area is 318 Å². The van der Waals surface area contributed by atoms with Gasteiger partial charge in [0, 0.05) is 23.9 Å². The van der Waals surface area contributed by atoms with Crippen LogP contribution in [-0.4, -0.2) is 62.3 Å². The van der Waals surface area contributed by atoms with Gasteiger partial charge in [-0.1, -0.05) is 62.9 Å². The summed E-state index contributed by atoms with van der Waals surface area (Å²) >= 11 is 0. The quantitative estimate of drug-likeness (QED) is 0.120. The Balaban J connectivity index is 1.13. The molecule has 11 atom stereocenters. The molecule has 1 aromatic heterocycles. The lowest BCUT2D eigenvalue weighted by Gasteiger charge is -2.64. The van der Waals surface area contributed by atoms with Gasteiger partial charge in [0.2, 0.25) is 0 Å². The molecule has 0 aliphatic heterocycles. The number of nitrogens with one attached hydrogen (secondary N) is 1. The maximum Gasteiger partial charge on any atom is 0.341 e. The van der Waals surface area contributed by atoms with E-state index in [-0.39, 0.29) is 52.8 Å². The molecule has 0 bridgehead atoms. The maximum atomic E-state index is 13.0. The molecular weight excluding hydrogens is 681 g/mol. The van der Waals surface area contributed by atoms with Crippen LogP contribution in [0.1, 0.15) is 106 Å². The van der Waals surface area contributed by atoms with Crippen molar-refractivity contribution < 1.29 is 34.8 Å². The number of hydrogen-bond acceptors (Lipinski definition) is 8. The minimum absolute atomic E-state index is 0.0465. The number of nitrogens with zero attached hydrogens (tertiary/aromatic N) is 1. The minimum atomic E-state index is -1.23. The van der Waals surface area contributed by atoms with Crippen LogP contribution in [0.25, 0.3) is 10.9 Å². The Hall–Kier alpha value is -3.97. The van der Waals surface area contributed by atoms with E-state index in [9.17, 15) is 30.0 Å². The number of carboxylic acid groups (broad SMARTS) is 1. The Bertz CT molecular complexity index is 1970. The molecule has 7 rings (SSSR count). The number of carboxylic acids is 1. The zero-order valence-corrected chi connectivity index (χ0v) is 32.3. The van der Waals surface area contributed by atoms with Gasteiger partial charge in [-0.2, -0.15) is 0 Å². The van der Waals surface area contributed by atoms with Crippen LogP contribution in [0, 0.1) is 65.1 Å². The van der Waals surface area contributed by atoms with E-state index in [0.717, 1.165) is 30.2 Å². The molecule has 4 saturated carbocycles. The smallest absolute Gasteiger partial charge is 0.341 e. The number of aliphatic hydroxyl groups is 3. The largest absolute Gasteiger partial charge is 0.481 e. The number of ether oxygens (including phenoxy) is 1. The van der Waals surface area contributed by atoms with E-state index in [1.54, 1.807) is 6.92 Å². The first-order chi connectivity index (χ1) is 25.7. The Morgan fingerprint density at radius 3 is 2.54 bits per heavy atom. The summed E-state index contributed by atoms with van der Waals surface area (Å²) in [6.45, 7) is 8.94. The number of aromatic nitrogens is 1. The van der Waals surface area contributed by atoms with E-state index in [1.807, 2.05) is 48.5 Å². The van der Waals surface area contributed by atoms with E-state index in [0.29, 0.717) is 66.7 Å². The summed E-state index contributed by atoms with van der Waals surface area (Å²) in [4.78, 5) is 29.0. The highest BCUT2D eigenvalue weighted by atomic mass is 16.5. The predicted octanol–water partition coefficient (Wildman–Crippen LogP) is 7.13. The molecule has 54 heavy (non-hydrogen) atoms. The number of methoxy groups -OCH3 is 1. The monoisotopic (exact) mass is 736 g/mol. The van der Waals surface area contributed by atoms with Crippen molar-refractivity contribution in [3.8, 4) is 11.8 Å². The molecule has 0 saturated heterocycles. The number of rotatable bonds is 8. The molecule has 0 amide bonds. The van der Waals surface area contributed by atoms with Crippen molar-refractivity contribution in [3.05, 3.63) is 70.9 Å². The molecule has 288 valence electrons. The third-order valence-corrected chi connectivity index (χ3v) is 14.7. The molecule has 5 N–H and O–H groups in total. The van der Waals surface area contributed by atoms with Gasteiger partial charge in [0.1, 0.15) is 11.2 Å². The van der Waals surface area contributed by atoms with E-state index in [1.165, 1.54) is 7.11 Å². The number of aryl methyl sites for hydroxylation is 1. The number of esters is 1. The number of anilines is 1. The molecule has 9 heteroatoms. The van der Waals surface area contributed by atoms with Gasteiger partial charge >= 0.3 is 11.9 Å². The lowest BCUT2D eigenvalue weighted by atomic mass is 9.42. The SMILES string of the molecule is COC(=O)c1c(C)nc2ccc(C#C[C@@]3(O)CC[C@@]4(C)C(C[C@@H](O)C5C4C[C@H](O)[C@@]4(C)C5CC[C@@H]4C(C)CCC(=O)O)C3)cc2c1NCc1ccccc1. The first-order valence-electron chi connectivity index (χ1n) is 19.8. The van der Waals surface area contributed by atoms with Crippen LogP contribution in [0.3, 0.4) is 0 Å². The number of benzene rings is 2. The van der Waals surface area contributed by atoms with Gasteiger partial charge in [0.25, 0.3) is 0 Å². The highest BCUT2D eigenvalue weighted by Crippen LogP contribution is 2.69. The molecule has 4 aliphatic rings.